The molecule has 0 saturated carbocycles. The summed E-state index contributed by atoms with van der Waals surface area (Å²) in [5.74, 6) is 0.145. The van der Waals surface area contributed by atoms with Crippen LogP contribution in [-0.2, 0) is 16.0 Å². The summed E-state index contributed by atoms with van der Waals surface area (Å²) in [6.45, 7) is 5.85. The predicted octanol–water partition coefficient (Wildman–Crippen LogP) is 3.00. The second kappa shape index (κ2) is 7.97. The summed E-state index contributed by atoms with van der Waals surface area (Å²) in [5.41, 5.74) is 2.12. The van der Waals surface area contributed by atoms with E-state index in [1.54, 1.807) is 11.8 Å². The van der Waals surface area contributed by atoms with Gasteiger partial charge in [0.25, 0.3) is 0 Å². The Morgan fingerprint density at radius 2 is 1.73 bits per heavy atom. The molecule has 0 spiro atoms. The van der Waals surface area contributed by atoms with Crippen LogP contribution in [0.15, 0.2) is 24.3 Å². The average Bonchev–Trinajstić information content (AvgIpc) is 2.56. The first kappa shape index (κ1) is 16.5. The molecule has 1 aliphatic rings. The van der Waals surface area contributed by atoms with Crippen LogP contribution in [0.2, 0.25) is 0 Å². The number of carbonyl (C=O) groups is 2. The molecule has 1 aliphatic heterocycles. The third-order valence-corrected chi connectivity index (χ3v) is 4.29. The fourth-order valence-electron chi connectivity index (χ4n) is 2.89. The predicted molar refractivity (Wildman–Crippen MR) is 88.9 cm³/mol. The van der Waals surface area contributed by atoms with Crippen LogP contribution in [0.5, 0.6) is 0 Å². The summed E-state index contributed by atoms with van der Waals surface area (Å²) >= 11 is 0. The monoisotopic (exact) mass is 302 g/mol. The Morgan fingerprint density at radius 3 is 2.27 bits per heavy atom. The second-order valence-corrected chi connectivity index (χ2v) is 5.88. The van der Waals surface area contributed by atoms with Gasteiger partial charge in [0.15, 0.2) is 0 Å². The first-order valence-electron chi connectivity index (χ1n) is 8.26. The summed E-state index contributed by atoms with van der Waals surface area (Å²) in [5, 5.41) is 0. The third-order valence-electron chi connectivity index (χ3n) is 4.29. The van der Waals surface area contributed by atoms with E-state index >= 15 is 0 Å². The van der Waals surface area contributed by atoms with Crippen molar-refractivity contribution < 1.29 is 9.59 Å². The Morgan fingerprint density at radius 1 is 1.09 bits per heavy atom. The molecule has 0 atom stereocenters. The molecule has 4 heteroatoms. The van der Waals surface area contributed by atoms with Crippen molar-refractivity contribution in [3.8, 4) is 0 Å². The molecule has 0 N–H and O–H groups in total. The lowest BCUT2D eigenvalue weighted by atomic mass is 10.1. The van der Waals surface area contributed by atoms with Gasteiger partial charge in [-0.15, -0.1) is 0 Å². The van der Waals surface area contributed by atoms with Crippen LogP contribution in [0.3, 0.4) is 0 Å². The number of carbonyl (C=O) groups excluding carboxylic acids is 2. The number of nitrogens with zero attached hydrogens (tertiary/aromatic N) is 2. The van der Waals surface area contributed by atoms with Crippen molar-refractivity contribution >= 4 is 17.5 Å². The Labute approximate surface area is 133 Å². The van der Waals surface area contributed by atoms with Crippen molar-refractivity contribution in [2.75, 3.05) is 24.5 Å². The number of amides is 2. The molecule has 22 heavy (non-hydrogen) atoms. The minimum absolute atomic E-state index is 0.0179. The topological polar surface area (TPSA) is 40.6 Å². The highest BCUT2D eigenvalue weighted by Crippen LogP contribution is 2.17. The van der Waals surface area contributed by atoms with Crippen LogP contribution in [-0.4, -0.2) is 36.3 Å². The maximum atomic E-state index is 12.2. The molecule has 1 heterocycles. The van der Waals surface area contributed by atoms with E-state index in [1.807, 2.05) is 29.2 Å². The van der Waals surface area contributed by atoms with Crippen LogP contribution < -0.4 is 4.90 Å². The van der Waals surface area contributed by atoms with Gasteiger partial charge in [-0.2, -0.15) is 0 Å². The van der Waals surface area contributed by atoms with Gasteiger partial charge in [0.1, 0.15) is 0 Å². The van der Waals surface area contributed by atoms with Gasteiger partial charge in [-0.25, -0.2) is 0 Å². The van der Waals surface area contributed by atoms with E-state index < -0.39 is 0 Å². The molecule has 2 amide bonds. The van der Waals surface area contributed by atoms with Crippen molar-refractivity contribution in [2.24, 2.45) is 0 Å². The van der Waals surface area contributed by atoms with E-state index in [2.05, 4.69) is 6.92 Å². The third kappa shape index (κ3) is 4.33. The molecule has 2 rings (SSSR count). The lowest BCUT2D eigenvalue weighted by molar-refractivity contribution is -0.131. The zero-order valence-electron chi connectivity index (χ0n) is 13.7. The highest BCUT2D eigenvalue weighted by Gasteiger charge is 2.19. The van der Waals surface area contributed by atoms with Gasteiger partial charge < -0.3 is 9.80 Å². The fourth-order valence-corrected chi connectivity index (χ4v) is 2.89. The first-order valence-corrected chi connectivity index (χ1v) is 8.26. The number of anilines is 1. The zero-order chi connectivity index (χ0) is 15.9. The van der Waals surface area contributed by atoms with Gasteiger partial charge in [-0.3, -0.25) is 9.59 Å². The Balaban J connectivity index is 1.96. The number of aryl methyl sites for hydroxylation is 1. The number of benzene rings is 1. The smallest absolute Gasteiger partial charge is 0.224 e. The minimum Gasteiger partial charge on any atom is -0.343 e. The maximum Gasteiger partial charge on any atom is 0.224 e. The largest absolute Gasteiger partial charge is 0.343 e. The molecular formula is C18H26N2O2. The molecule has 0 aromatic heterocycles. The Kier molecular flexibility index (Phi) is 5.99. The van der Waals surface area contributed by atoms with Crippen LogP contribution in [0.1, 0.15) is 45.1 Å². The van der Waals surface area contributed by atoms with Crippen molar-refractivity contribution in [1.82, 2.24) is 4.90 Å². The lowest BCUT2D eigenvalue weighted by Crippen LogP contribution is -2.38. The Bertz CT molecular complexity index is 504. The van der Waals surface area contributed by atoms with E-state index in [4.69, 9.17) is 0 Å². The van der Waals surface area contributed by atoms with E-state index in [0.29, 0.717) is 13.0 Å². The maximum absolute atomic E-state index is 12.2. The van der Waals surface area contributed by atoms with E-state index in [9.17, 15) is 9.59 Å². The molecule has 1 aromatic carbocycles. The molecule has 1 saturated heterocycles. The summed E-state index contributed by atoms with van der Waals surface area (Å²) in [7, 11) is 0. The SMILES string of the molecule is CCc1ccc(N(CCC(=O)N2CCCCC2)C(C)=O)cc1. The minimum atomic E-state index is -0.0179. The van der Waals surface area contributed by atoms with Crippen molar-refractivity contribution in [3.63, 3.8) is 0 Å². The lowest BCUT2D eigenvalue weighted by Gasteiger charge is -2.28. The molecule has 0 radical (unpaired) electrons. The summed E-state index contributed by atoms with van der Waals surface area (Å²) in [6.07, 6.45) is 4.79. The number of hydrogen-bond acceptors (Lipinski definition) is 2. The van der Waals surface area contributed by atoms with Gasteiger partial charge in [0, 0.05) is 38.7 Å². The molecule has 1 fully saturated rings. The normalized spacial score (nSPS) is 14.7. The van der Waals surface area contributed by atoms with Crippen molar-refractivity contribution in [2.45, 2.75) is 46.0 Å². The number of piperidine rings is 1. The highest BCUT2D eigenvalue weighted by molar-refractivity contribution is 5.92. The Hall–Kier alpha value is -1.84. The molecule has 120 valence electrons. The van der Waals surface area contributed by atoms with Gasteiger partial charge >= 0.3 is 0 Å². The number of hydrogen-bond donors (Lipinski definition) is 0. The standard InChI is InChI=1S/C18H26N2O2/c1-3-16-7-9-17(10-8-16)20(15(2)21)14-11-18(22)19-12-5-4-6-13-19/h7-10H,3-6,11-14H2,1-2H3. The molecule has 4 nitrogen and oxygen atoms in total. The summed E-state index contributed by atoms with van der Waals surface area (Å²) in [4.78, 5) is 27.8. The fraction of sp³-hybridized carbons (Fsp3) is 0.556. The van der Waals surface area contributed by atoms with Crippen LogP contribution in [0, 0.1) is 0 Å². The summed E-state index contributed by atoms with van der Waals surface area (Å²) in [6, 6.07) is 8.01. The van der Waals surface area contributed by atoms with Gasteiger partial charge in [-0.05, 0) is 43.4 Å². The second-order valence-electron chi connectivity index (χ2n) is 5.88. The van der Waals surface area contributed by atoms with Gasteiger partial charge in [0.2, 0.25) is 11.8 Å². The van der Waals surface area contributed by atoms with E-state index in [-0.39, 0.29) is 11.8 Å². The number of rotatable bonds is 5. The van der Waals surface area contributed by atoms with Gasteiger partial charge in [0.05, 0.1) is 0 Å². The molecule has 0 aliphatic carbocycles. The van der Waals surface area contributed by atoms with Gasteiger partial charge in [-0.1, -0.05) is 19.1 Å². The highest BCUT2D eigenvalue weighted by atomic mass is 16.2. The van der Waals surface area contributed by atoms with Crippen molar-refractivity contribution in [3.05, 3.63) is 29.8 Å². The molecule has 0 bridgehead atoms. The zero-order valence-corrected chi connectivity index (χ0v) is 13.7. The molecule has 1 aromatic rings. The molecular weight excluding hydrogens is 276 g/mol. The first-order chi connectivity index (χ1) is 10.6. The van der Waals surface area contributed by atoms with Crippen LogP contribution in [0.25, 0.3) is 0 Å². The summed E-state index contributed by atoms with van der Waals surface area (Å²) < 4.78 is 0. The van der Waals surface area contributed by atoms with Crippen LogP contribution >= 0.6 is 0 Å². The number of likely N-dealkylation sites (tertiary alicyclic amines) is 1. The average molecular weight is 302 g/mol. The van der Waals surface area contributed by atoms with Crippen molar-refractivity contribution in [1.29, 1.82) is 0 Å². The molecule has 0 unspecified atom stereocenters. The van der Waals surface area contributed by atoms with E-state index in [1.165, 1.54) is 12.0 Å². The van der Waals surface area contributed by atoms with Crippen LogP contribution in [0.4, 0.5) is 5.69 Å². The van der Waals surface area contributed by atoms with E-state index in [0.717, 1.165) is 38.0 Å². The quantitative estimate of drug-likeness (QED) is 0.839.